The van der Waals surface area contributed by atoms with Gasteiger partial charge >= 0.3 is 0 Å². The molecule has 2 N–H and O–H groups in total. The van der Waals surface area contributed by atoms with Gasteiger partial charge in [-0.15, -0.1) is 0 Å². The van der Waals surface area contributed by atoms with E-state index in [0.29, 0.717) is 18.5 Å². The normalized spacial score (nSPS) is 11.4. The van der Waals surface area contributed by atoms with Gasteiger partial charge in [0, 0.05) is 33.4 Å². The van der Waals surface area contributed by atoms with Crippen molar-refractivity contribution < 1.29 is 9.13 Å². The zero-order valence-corrected chi connectivity index (χ0v) is 12.3. The fourth-order valence-corrected chi connectivity index (χ4v) is 1.76. The van der Waals surface area contributed by atoms with Gasteiger partial charge in [-0.2, -0.15) is 0 Å². The van der Waals surface area contributed by atoms with Crippen molar-refractivity contribution in [3.8, 4) is 0 Å². The molecular formula is C15H24FN3O. The summed E-state index contributed by atoms with van der Waals surface area (Å²) in [6.45, 7) is 4.92. The van der Waals surface area contributed by atoms with E-state index < -0.39 is 0 Å². The second-order valence-corrected chi connectivity index (χ2v) is 4.32. The number of rotatable bonds is 8. The standard InChI is InChI=1S/C15H24FN3O/c1-3-20-12-6-10-18-15(17-2)19-11-9-13-7-4-5-8-14(13)16/h4-5,7-8H,3,6,9-12H2,1-2H3,(H2,17,18,19). The summed E-state index contributed by atoms with van der Waals surface area (Å²) < 4.78 is 18.7. The van der Waals surface area contributed by atoms with Gasteiger partial charge < -0.3 is 15.4 Å². The molecule has 0 unspecified atom stereocenters. The lowest BCUT2D eigenvalue weighted by atomic mass is 10.1. The second-order valence-electron chi connectivity index (χ2n) is 4.32. The molecule has 0 atom stereocenters. The molecule has 0 aliphatic carbocycles. The third kappa shape index (κ3) is 6.52. The second kappa shape index (κ2) is 10.2. The summed E-state index contributed by atoms with van der Waals surface area (Å²) in [5.74, 6) is 0.576. The number of ether oxygens (including phenoxy) is 1. The number of aliphatic imine (C=N–C) groups is 1. The average Bonchev–Trinajstić information content (AvgIpc) is 2.47. The molecule has 0 bridgehead atoms. The molecule has 0 radical (unpaired) electrons. The largest absolute Gasteiger partial charge is 0.382 e. The number of hydrogen-bond acceptors (Lipinski definition) is 2. The van der Waals surface area contributed by atoms with E-state index in [1.54, 1.807) is 19.2 Å². The molecule has 0 aromatic heterocycles. The third-order valence-corrected chi connectivity index (χ3v) is 2.83. The monoisotopic (exact) mass is 281 g/mol. The molecule has 20 heavy (non-hydrogen) atoms. The zero-order chi connectivity index (χ0) is 14.6. The highest BCUT2D eigenvalue weighted by Crippen LogP contribution is 2.05. The van der Waals surface area contributed by atoms with E-state index in [1.165, 1.54) is 6.07 Å². The smallest absolute Gasteiger partial charge is 0.190 e. The molecule has 0 saturated heterocycles. The Morgan fingerprint density at radius 3 is 2.70 bits per heavy atom. The molecular weight excluding hydrogens is 257 g/mol. The molecule has 112 valence electrons. The van der Waals surface area contributed by atoms with Crippen LogP contribution in [0.15, 0.2) is 29.3 Å². The van der Waals surface area contributed by atoms with Crippen LogP contribution in [0.2, 0.25) is 0 Å². The summed E-state index contributed by atoms with van der Waals surface area (Å²) in [5.41, 5.74) is 0.715. The summed E-state index contributed by atoms with van der Waals surface area (Å²) in [6, 6.07) is 6.83. The van der Waals surface area contributed by atoms with Crippen molar-refractivity contribution in [3.05, 3.63) is 35.6 Å². The Labute approximate surface area is 120 Å². The predicted octanol–water partition coefficient (Wildman–Crippen LogP) is 1.96. The van der Waals surface area contributed by atoms with Crippen LogP contribution < -0.4 is 10.6 Å². The van der Waals surface area contributed by atoms with E-state index in [0.717, 1.165) is 32.1 Å². The van der Waals surface area contributed by atoms with Crippen LogP contribution in [0, 0.1) is 5.82 Å². The van der Waals surface area contributed by atoms with Crippen LogP contribution in [0.5, 0.6) is 0 Å². The Balaban J connectivity index is 2.20. The summed E-state index contributed by atoms with van der Waals surface area (Å²) in [5, 5.41) is 6.36. The Kier molecular flexibility index (Phi) is 8.38. The SMILES string of the molecule is CCOCCCNC(=NC)NCCc1ccccc1F. The minimum absolute atomic E-state index is 0.158. The van der Waals surface area contributed by atoms with Crippen molar-refractivity contribution >= 4 is 5.96 Å². The molecule has 4 nitrogen and oxygen atoms in total. The minimum atomic E-state index is -0.158. The van der Waals surface area contributed by atoms with E-state index in [2.05, 4.69) is 15.6 Å². The maximum atomic E-state index is 13.4. The van der Waals surface area contributed by atoms with Crippen molar-refractivity contribution in [3.63, 3.8) is 0 Å². The quantitative estimate of drug-likeness (QED) is 0.435. The maximum Gasteiger partial charge on any atom is 0.190 e. The van der Waals surface area contributed by atoms with Gasteiger partial charge in [0.2, 0.25) is 0 Å². The van der Waals surface area contributed by atoms with Crippen LogP contribution in [0.4, 0.5) is 4.39 Å². The molecule has 1 aromatic carbocycles. The number of nitrogens with one attached hydrogen (secondary N) is 2. The summed E-state index contributed by atoms with van der Waals surface area (Å²) in [4.78, 5) is 4.12. The lowest BCUT2D eigenvalue weighted by Gasteiger charge is -2.12. The van der Waals surface area contributed by atoms with Gasteiger partial charge in [0.1, 0.15) is 5.82 Å². The van der Waals surface area contributed by atoms with Crippen molar-refractivity contribution in [2.75, 3.05) is 33.4 Å². The maximum absolute atomic E-state index is 13.4. The zero-order valence-electron chi connectivity index (χ0n) is 12.3. The Morgan fingerprint density at radius 1 is 1.25 bits per heavy atom. The molecule has 0 amide bonds. The first-order valence-corrected chi connectivity index (χ1v) is 7.03. The van der Waals surface area contributed by atoms with Gasteiger partial charge in [0.05, 0.1) is 0 Å². The van der Waals surface area contributed by atoms with Crippen molar-refractivity contribution in [1.29, 1.82) is 0 Å². The van der Waals surface area contributed by atoms with Crippen LogP contribution in [0.25, 0.3) is 0 Å². The van der Waals surface area contributed by atoms with Gasteiger partial charge in [-0.3, -0.25) is 4.99 Å². The van der Waals surface area contributed by atoms with Crippen LogP contribution in [0.3, 0.4) is 0 Å². The average molecular weight is 281 g/mol. The number of halogens is 1. The van der Waals surface area contributed by atoms with Gasteiger partial charge in [0.25, 0.3) is 0 Å². The molecule has 1 rings (SSSR count). The third-order valence-electron chi connectivity index (χ3n) is 2.83. The summed E-state index contributed by atoms with van der Waals surface area (Å²) in [6.07, 6.45) is 1.56. The lowest BCUT2D eigenvalue weighted by molar-refractivity contribution is 0.145. The molecule has 1 aromatic rings. The van der Waals surface area contributed by atoms with E-state index >= 15 is 0 Å². The fraction of sp³-hybridized carbons (Fsp3) is 0.533. The van der Waals surface area contributed by atoms with Gasteiger partial charge in [-0.05, 0) is 31.4 Å². The summed E-state index contributed by atoms with van der Waals surface area (Å²) in [7, 11) is 1.72. The molecule has 0 aliphatic rings. The Morgan fingerprint density at radius 2 is 2.00 bits per heavy atom. The number of hydrogen-bond donors (Lipinski definition) is 2. The molecule has 0 fully saturated rings. The number of nitrogens with zero attached hydrogens (tertiary/aromatic N) is 1. The molecule has 0 spiro atoms. The first-order chi connectivity index (χ1) is 9.77. The van der Waals surface area contributed by atoms with Crippen LogP contribution in [-0.2, 0) is 11.2 Å². The lowest BCUT2D eigenvalue weighted by Crippen LogP contribution is -2.39. The van der Waals surface area contributed by atoms with E-state index in [1.807, 2.05) is 13.0 Å². The number of guanidine groups is 1. The molecule has 5 heteroatoms. The van der Waals surface area contributed by atoms with E-state index in [9.17, 15) is 4.39 Å². The van der Waals surface area contributed by atoms with Crippen molar-refractivity contribution in [2.24, 2.45) is 4.99 Å². The topological polar surface area (TPSA) is 45.6 Å². The van der Waals surface area contributed by atoms with Gasteiger partial charge in [-0.1, -0.05) is 18.2 Å². The van der Waals surface area contributed by atoms with Gasteiger partial charge in [-0.25, -0.2) is 4.39 Å². The van der Waals surface area contributed by atoms with E-state index in [4.69, 9.17) is 4.74 Å². The van der Waals surface area contributed by atoms with Crippen molar-refractivity contribution in [1.82, 2.24) is 10.6 Å². The molecule has 0 saturated carbocycles. The highest BCUT2D eigenvalue weighted by atomic mass is 19.1. The highest BCUT2D eigenvalue weighted by molar-refractivity contribution is 5.79. The minimum Gasteiger partial charge on any atom is -0.382 e. The van der Waals surface area contributed by atoms with Crippen molar-refractivity contribution in [2.45, 2.75) is 19.8 Å². The van der Waals surface area contributed by atoms with E-state index in [-0.39, 0.29) is 5.82 Å². The van der Waals surface area contributed by atoms with Crippen LogP contribution in [0.1, 0.15) is 18.9 Å². The van der Waals surface area contributed by atoms with Crippen LogP contribution in [-0.4, -0.2) is 39.3 Å². The number of benzene rings is 1. The van der Waals surface area contributed by atoms with Gasteiger partial charge in [0.15, 0.2) is 5.96 Å². The Hall–Kier alpha value is -1.62. The first kappa shape index (κ1) is 16.4. The predicted molar refractivity (Wildman–Crippen MR) is 80.6 cm³/mol. The van der Waals surface area contributed by atoms with Crippen LogP contribution >= 0.6 is 0 Å². The fourth-order valence-electron chi connectivity index (χ4n) is 1.76. The summed E-state index contributed by atoms with van der Waals surface area (Å²) >= 11 is 0. The highest BCUT2D eigenvalue weighted by Gasteiger charge is 2.01. The molecule has 0 heterocycles. The Bertz CT molecular complexity index is 410. The molecule has 0 aliphatic heterocycles. The first-order valence-electron chi connectivity index (χ1n) is 7.03.